The lowest BCUT2D eigenvalue weighted by Gasteiger charge is -2.15. The first-order valence-electron chi connectivity index (χ1n) is 7.19. The Balaban J connectivity index is 1.60. The van der Waals surface area contributed by atoms with Crippen LogP contribution in [0.5, 0.6) is 0 Å². The van der Waals surface area contributed by atoms with Gasteiger partial charge in [-0.1, -0.05) is 15.5 Å². The molecule has 1 N–H and O–H groups in total. The number of aryl methyl sites for hydroxylation is 2. The monoisotopic (exact) mass is 306 g/mol. The summed E-state index contributed by atoms with van der Waals surface area (Å²) in [5.74, 6) is 0.592. The molecule has 0 saturated carbocycles. The van der Waals surface area contributed by atoms with Gasteiger partial charge >= 0.3 is 0 Å². The van der Waals surface area contributed by atoms with Gasteiger partial charge in [-0.25, -0.2) is 4.63 Å². The lowest BCUT2D eigenvalue weighted by atomic mass is 10.0. The van der Waals surface area contributed by atoms with Gasteiger partial charge in [-0.05, 0) is 13.8 Å². The van der Waals surface area contributed by atoms with E-state index in [0.717, 1.165) is 11.5 Å². The maximum absolute atomic E-state index is 12.3. The minimum Gasteiger partial charge on any atom is -0.391 e. The molecule has 0 radical (unpaired) electrons. The molecule has 2 atom stereocenters. The highest BCUT2D eigenvalue weighted by Crippen LogP contribution is 2.22. The molecular formula is C14H18N4O4. The molecule has 3 rings (SSSR count). The van der Waals surface area contributed by atoms with E-state index in [2.05, 4.69) is 20.1 Å². The number of aromatic nitrogens is 3. The van der Waals surface area contributed by atoms with Crippen molar-refractivity contribution in [3.8, 4) is 0 Å². The highest BCUT2D eigenvalue weighted by molar-refractivity contribution is 5.78. The second kappa shape index (κ2) is 5.88. The van der Waals surface area contributed by atoms with Gasteiger partial charge in [-0.3, -0.25) is 4.79 Å². The number of amides is 1. The van der Waals surface area contributed by atoms with Crippen molar-refractivity contribution < 1.29 is 19.1 Å². The number of nitrogens with zero attached hydrogens (tertiary/aromatic N) is 4. The third kappa shape index (κ3) is 3.01. The van der Waals surface area contributed by atoms with E-state index in [1.807, 2.05) is 13.0 Å². The van der Waals surface area contributed by atoms with Crippen LogP contribution in [0, 0.1) is 19.8 Å². The minimum absolute atomic E-state index is 0.0483. The van der Waals surface area contributed by atoms with Crippen LogP contribution in [0.3, 0.4) is 0 Å². The Morgan fingerprint density at radius 2 is 2.18 bits per heavy atom. The fourth-order valence-corrected chi connectivity index (χ4v) is 2.69. The van der Waals surface area contributed by atoms with Crippen molar-refractivity contribution in [2.45, 2.75) is 32.8 Å². The number of hydrogen-bond acceptors (Lipinski definition) is 7. The van der Waals surface area contributed by atoms with Crippen LogP contribution in [0.4, 0.5) is 0 Å². The smallest absolute Gasteiger partial charge is 0.228 e. The van der Waals surface area contributed by atoms with Gasteiger partial charge in [0, 0.05) is 31.5 Å². The Kier molecular flexibility index (Phi) is 3.93. The molecule has 0 aromatic carbocycles. The zero-order valence-electron chi connectivity index (χ0n) is 12.5. The highest BCUT2D eigenvalue weighted by atomic mass is 16.6. The lowest BCUT2D eigenvalue weighted by molar-refractivity contribution is -0.129. The van der Waals surface area contributed by atoms with Crippen LogP contribution in [0.1, 0.15) is 22.8 Å². The van der Waals surface area contributed by atoms with Crippen LogP contribution in [0.15, 0.2) is 15.2 Å². The van der Waals surface area contributed by atoms with Gasteiger partial charge in [0.15, 0.2) is 0 Å². The Morgan fingerprint density at radius 1 is 1.36 bits per heavy atom. The summed E-state index contributed by atoms with van der Waals surface area (Å²) < 4.78 is 9.77. The number of aliphatic hydroxyl groups is 1. The van der Waals surface area contributed by atoms with Crippen LogP contribution >= 0.6 is 0 Å². The summed E-state index contributed by atoms with van der Waals surface area (Å²) in [6.45, 7) is 4.40. The lowest BCUT2D eigenvalue weighted by Crippen LogP contribution is -2.31. The molecule has 3 heterocycles. The number of aliphatic hydroxyl groups excluding tert-OH is 1. The molecule has 8 nitrogen and oxygen atoms in total. The van der Waals surface area contributed by atoms with Crippen LogP contribution in [0.25, 0.3) is 0 Å². The molecule has 22 heavy (non-hydrogen) atoms. The fourth-order valence-electron chi connectivity index (χ4n) is 2.69. The molecule has 1 aliphatic rings. The number of rotatable bonds is 4. The van der Waals surface area contributed by atoms with Crippen LogP contribution in [-0.2, 0) is 17.6 Å². The Morgan fingerprint density at radius 3 is 2.82 bits per heavy atom. The van der Waals surface area contributed by atoms with E-state index in [1.54, 1.807) is 11.8 Å². The van der Waals surface area contributed by atoms with Gasteiger partial charge in [-0.15, -0.1) is 0 Å². The Labute approximate surface area is 127 Å². The summed E-state index contributed by atoms with van der Waals surface area (Å²) in [6.07, 6.45) is 0.137. The van der Waals surface area contributed by atoms with Crippen molar-refractivity contribution in [1.29, 1.82) is 0 Å². The quantitative estimate of drug-likeness (QED) is 0.864. The number of carbonyl (C=O) groups excluding carboxylic acids is 1. The molecule has 1 aliphatic heterocycles. The van der Waals surface area contributed by atoms with Crippen molar-refractivity contribution in [2.24, 2.45) is 5.92 Å². The standard InChI is InChI=1S/C14H18N4O4/c1-8-3-11(21-15-8)4-10-6-18(7-13(10)19)14(20)5-12-9(2)16-22-17-12/h3,10,13,19H,4-7H2,1-2H3/t10-,13+/m1/s1. The summed E-state index contributed by atoms with van der Waals surface area (Å²) in [7, 11) is 0. The van der Waals surface area contributed by atoms with E-state index in [9.17, 15) is 9.90 Å². The van der Waals surface area contributed by atoms with Gasteiger partial charge < -0.3 is 14.5 Å². The Bertz CT molecular complexity index is 665. The average molecular weight is 306 g/mol. The van der Waals surface area contributed by atoms with Gasteiger partial charge in [0.1, 0.15) is 17.1 Å². The number of β-amino-alcohol motifs (C(OH)–C–C–N with tert-alkyl or cyclic N) is 1. The number of carbonyl (C=O) groups is 1. The molecule has 1 fully saturated rings. The van der Waals surface area contributed by atoms with E-state index in [0.29, 0.717) is 30.9 Å². The van der Waals surface area contributed by atoms with E-state index >= 15 is 0 Å². The van der Waals surface area contributed by atoms with Crippen molar-refractivity contribution in [3.05, 3.63) is 28.9 Å². The predicted molar refractivity (Wildman–Crippen MR) is 73.8 cm³/mol. The molecule has 118 valence electrons. The first-order chi connectivity index (χ1) is 10.5. The number of likely N-dealkylation sites (tertiary alicyclic amines) is 1. The van der Waals surface area contributed by atoms with Gasteiger partial charge in [0.05, 0.1) is 18.2 Å². The normalized spacial score (nSPS) is 21.5. The van der Waals surface area contributed by atoms with Crippen molar-refractivity contribution in [1.82, 2.24) is 20.4 Å². The van der Waals surface area contributed by atoms with E-state index in [4.69, 9.17) is 4.52 Å². The third-order valence-electron chi connectivity index (χ3n) is 3.96. The van der Waals surface area contributed by atoms with Crippen molar-refractivity contribution >= 4 is 5.91 Å². The molecule has 1 saturated heterocycles. The van der Waals surface area contributed by atoms with Crippen LogP contribution < -0.4 is 0 Å². The number of hydrogen-bond donors (Lipinski definition) is 1. The van der Waals surface area contributed by atoms with Gasteiger partial charge in [0.2, 0.25) is 5.91 Å². The molecule has 0 spiro atoms. The van der Waals surface area contributed by atoms with Crippen molar-refractivity contribution in [2.75, 3.05) is 13.1 Å². The summed E-state index contributed by atoms with van der Waals surface area (Å²) >= 11 is 0. The molecule has 0 bridgehead atoms. The molecule has 1 amide bonds. The summed E-state index contributed by atoms with van der Waals surface area (Å²) in [5, 5.41) is 21.4. The second-order valence-electron chi connectivity index (χ2n) is 5.74. The van der Waals surface area contributed by atoms with Gasteiger partial charge in [0.25, 0.3) is 0 Å². The first kappa shape index (κ1) is 14.7. The van der Waals surface area contributed by atoms with E-state index in [1.165, 1.54) is 0 Å². The maximum atomic E-state index is 12.3. The zero-order chi connectivity index (χ0) is 15.7. The summed E-state index contributed by atoms with van der Waals surface area (Å²) in [4.78, 5) is 13.9. The Hall–Kier alpha value is -2.22. The van der Waals surface area contributed by atoms with E-state index < -0.39 is 6.10 Å². The highest BCUT2D eigenvalue weighted by Gasteiger charge is 2.35. The maximum Gasteiger partial charge on any atom is 0.228 e. The first-order valence-corrected chi connectivity index (χ1v) is 7.19. The molecule has 2 aromatic rings. The predicted octanol–water partition coefficient (Wildman–Crippen LogP) is 0.279. The molecule has 2 aromatic heterocycles. The molecular weight excluding hydrogens is 288 g/mol. The summed E-state index contributed by atoms with van der Waals surface area (Å²) in [5.41, 5.74) is 1.96. The molecule has 0 aliphatic carbocycles. The summed E-state index contributed by atoms with van der Waals surface area (Å²) in [6, 6.07) is 1.85. The van der Waals surface area contributed by atoms with Crippen LogP contribution in [-0.4, -0.2) is 50.6 Å². The second-order valence-corrected chi connectivity index (χ2v) is 5.74. The molecule has 8 heteroatoms. The van der Waals surface area contributed by atoms with E-state index in [-0.39, 0.29) is 18.2 Å². The fraction of sp³-hybridized carbons (Fsp3) is 0.571. The SMILES string of the molecule is Cc1cc(C[C@@H]2CN(C(=O)Cc3nonc3C)C[C@@H]2O)on1. The van der Waals surface area contributed by atoms with Gasteiger partial charge in [-0.2, -0.15) is 0 Å². The van der Waals surface area contributed by atoms with Crippen LogP contribution in [0.2, 0.25) is 0 Å². The largest absolute Gasteiger partial charge is 0.391 e. The third-order valence-corrected chi connectivity index (χ3v) is 3.96. The zero-order valence-corrected chi connectivity index (χ0v) is 12.5. The topological polar surface area (TPSA) is 105 Å². The average Bonchev–Trinajstić information content (AvgIpc) is 3.15. The minimum atomic E-state index is -0.564. The molecule has 0 unspecified atom stereocenters. The van der Waals surface area contributed by atoms with Crippen molar-refractivity contribution in [3.63, 3.8) is 0 Å².